The average molecular weight is 333 g/mol. The molecule has 0 saturated carbocycles. The molecular formula is C16H19N3O3S. The van der Waals surface area contributed by atoms with Crippen molar-refractivity contribution in [1.29, 1.82) is 0 Å². The summed E-state index contributed by atoms with van der Waals surface area (Å²) >= 11 is 0. The first-order chi connectivity index (χ1) is 11.0. The Bertz CT molecular complexity index is 784. The monoisotopic (exact) mass is 333 g/mol. The Morgan fingerprint density at radius 1 is 1.30 bits per heavy atom. The van der Waals surface area contributed by atoms with Gasteiger partial charge in [-0.15, -0.1) is 0 Å². The fourth-order valence-electron chi connectivity index (χ4n) is 2.79. The van der Waals surface area contributed by atoms with Gasteiger partial charge in [-0.2, -0.15) is 5.10 Å². The second-order valence-electron chi connectivity index (χ2n) is 5.93. The Kier molecular flexibility index (Phi) is 4.47. The summed E-state index contributed by atoms with van der Waals surface area (Å²) in [6.07, 6.45) is 4.19. The molecular weight excluding hydrogens is 314 g/mol. The van der Waals surface area contributed by atoms with Crippen LogP contribution >= 0.6 is 0 Å². The van der Waals surface area contributed by atoms with Gasteiger partial charge in [-0.25, -0.2) is 8.42 Å². The van der Waals surface area contributed by atoms with E-state index >= 15 is 0 Å². The Labute approximate surface area is 135 Å². The highest BCUT2D eigenvalue weighted by Crippen LogP contribution is 2.22. The number of sulfone groups is 1. The number of rotatable bonds is 5. The van der Waals surface area contributed by atoms with Gasteiger partial charge in [0.1, 0.15) is 0 Å². The number of aromatic nitrogens is 2. The van der Waals surface area contributed by atoms with Crippen LogP contribution < -0.4 is 5.32 Å². The molecule has 2 aromatic rings. The number of carbonyl (C=O) groups is 1. The van der Waals surface area contributed by atoms with Crippen molar-refractivity contribution in [3.8, 4) is 0 Å². The number of hydrogen-bond donors (Lipinski definition) is 1. The Morgan fingerprint density at radius 3 is 2.78 bits per heavy atom. The zero-order chi connectivity index (χ0) is 16.3. The predicted octanol–water partition coefficient (Wildman–Crippen LogP) is 1.69. The minimum absolute atomic E-state index is 0.0700. The highest BCUT2D eigenvalue weighted by molar-refractivity contribution is 7.91. The van der Waals surface area contributed by atoms with Gasteiger partial charge in [-0.3, -0.25) is 9.48 Å². The van der Waals surface area contributed by atoms with E-state index in [0.717, 1.165) is 5.56 Å². The maximum atomic E-state index is 12.0. The van der Waals surface area contributed by atoms with Crippen LogP contribution in [0.4, 0.5) is 5.69 Å². The Hall–Kier alpha value is -2.15. The molecule has 1 N–H and O–H groups in total. The normalized spacial score (nSPS) is 19.6. The standard InChI is InChI=1S/C16H19N3O3S/c20-16(8-14-6-7-23(21,22)12-14)18-15-9-17-19(11-15)10-13-4-2-1-3-5-13/h1-5,9,11,14H,6-8,10,12H2,(H,18,20)/t14-/m1/s1. The third kappa shape index (κ3) is 4.41. The molecule has 0 bridgehead atoms. The summed E-state index contributed by atoms with van der Waals surface area (Å²) in [5, 5.41) is 7.01. The fraction of sp³-hybridized carbons (Fsp3) is 0.375. The van der Waals surface area contributed by atoms with Crippen LogP contribution in [0, 0.1) is 5.92 Å². The highest BCUT2D eigenvalue weighted by atomic mass is 32.2. The van der Waals surface area contributed by atoms with Crippen LogP contribution in [-0.2, 0) is 21.2 Å². The first kappa shape index (κ1) is 15.7. The smallest absolute Gasteiger partial charge is 0.224 e. The Balaban J connectivity index is 1.53. The number of anilines is 1. The van der Waals surface area contributed by atoms with Crippen molar-refractivity contribution >= 4 is 21.4 Å². The molecule has 23 heavy (non-hydrogen) atoms. The van der Waals surface area contributed by atoms with Crippen LogP contribution in [0.3, 0.4) is 0 Å². The lowest BCUT2D eigenvalue weighted by molar-refractivity contribution is -0.116. The molecule has 1 aromatic heterocycles. The third-order valence-corrected chi connectivity index (χ3v) is 5.74. The molecule has 6 nitrogen and oxygen atoms in total. The van der Waals surface area contributed by atoms with E-state index in [1.54, 1.807) is 17.1 Å². The van der Waals surface area contributed by atoms with Crippen LogP contribution in [0.1, 0.15) is 18.4 Å². The molecule has 1 atom stereocenters. The van der Waals surface area contributed by atoms with Gasteiger partial charge in [0.2, 0.25) is 5.91 Å². The van der Waals surface area contributed by atoms with Crippen LogP contribution in [0.25, 0.3) is 0 Å². The van der Waals surface area contributed by atoms with E-state index in [4.69, 9.17) is 0 Å². The maximum absolute atomic E-state index is 12.0. The molecule has 3 rings (SSSR count). The van der Waals surface area contributed by atoms with E-state index in [-0.39, 0.29) is 29.8 Å². The summed E-state index contributed by atoms with van der Waals surface area (Å²) in [7, 11) is -2.94. The molecule has 1 amide bonds. The van der Waals surface area contributed by atoms with Crippen molar-refractivity contribution < 1.29 is 13.2 Å². The van der Waals surface area contributed by atoms with Crippen molar-refractivity contribution in [2.75, 3.05) is 16.8 Å². The van der Waals surface area contributed by atoms with E-state index in [0.29, 0.717) is 18.7 Å². The van der Waals surface area contributed by atoms with Gasteiger partial charge >= 0.3 is 0 Å². The maximum Gasteiger partial charge on any atom is 0.224 e. The summed E-state index contributed by atoms with van der Waals surface area (Å²) < 4.78 is 24.6. The molecule has 1 aliphatic heterocycles. The van der Waals surface area contributed by atoms with E-state index < -0.39 is 9.84 Å². The van der Waals surface area contributed by atoms with Crippen molar-refractivity contribution in [3.63, 3.8) is 0 Å². The first-order valence-corrected chi connectivity index (χ1v) is 9.39. The summed E-state index contributed by atoms with van der Waals surface area (Å²) in [4.78, 5) is 12.0. The quantitative estimate of drug-likeness (QED) is 0.903. The van der Waals surface area contributed by atoms with Crippen LogP contribution in [0.5, 0.6) is 0 Å². The van der Waals surface area contributed by atoms with Gasteiger partial charge in [-0.1, -0.05) is 30.3 Å². The topological polar surface area (TPSA) is 81.1 Å². The molecule has 0 spiro atoms. The zero-order valence-electron chi connectivity index (χ0n) is 12.7. The molecule has 1 fully saturated rings. The molecule has 1 aromatic carbocycles. The van der Waals surface area contributed by atoms with E-state index in [2.05, 4.69) is 10.4 Å². The summed E-state index contributed by atoms with van der Waals surface area (Å²) in [6, 6.07) is 9.93. The molecule has 1 aliphatic rings. The Morgan fingerprint density at radius 2 is 2.09 bits per heavy atom. The molecule has 0 unspecified atom stereocenters. The number of nitrogens with one attached hydrogen (secondary N) is 1. The fourth-order valence-corrected chi connectivity index (χ4v) is 4.65. The molecule has 7 heteroatoms. The van der Waals surface area contributed by atoms with Crippen LogP contribution in [-0.4, -0.2) is 35.6 Å². The van der Waals surface area contributed by atoms with Crippen molar-refractivity contribution in [2.45, 2.75) is 19.4 Å². The number of benzene rings is 1. The van der Waals surface area contributed by atoms with Crippen molar-refractivity contribution in [2.24, 2.45) is 5.92 Å². The van der Waals surface area contributed by atoms with Gasteiger partial charge in [0.25, 0.3) is 0 Å². The molecule has 2 heterocycles. The zero-order valence-corrected chi connectivity index (χ0v) is 13.5. The van der Waals surface area contributed by atoms with Gasteiger partial charge in [0.15, 0.2) is 9.84 Å². The minimum Gasteiger partial charge on any atom is -0.323 e. The number of hydrogen-bond acceptors (Lipinski definition) is 4. The summed E-state index contributed by atoms with van der Waals surface area (Å²) in [5.74, 6) is 0.0823. The van der Waals surface area contributed by atoms with E-state index in [1.807, 2.05) is 30.3 Å². The van der Waals surface area contributed by atoms with Crippen LogP contribution in [0.15, 0.2) is 42.7 Å². The largest absolute Gasteiger partial charge is 0.323 e. The predicted molar refractivity (Wildman–Crippen MR) is 87.8 cm³/mol. The van der Waals surface area contributed by atoms with Crippen molar-refractivity contribution in [1.82, 2.24) is 9.78 Å². The van der Waals surface area contributed by atoms with Gasteiger partial charge < -0.3 is 5.32 Å². The highest BCUT2D eigenvalue weighted by Gasteiger charge is 2.29. The molecule has 0 aliphatic carbocycles. The summed E-state index contributed by atoms with van der Waals surface area (Å²) in [6.45, 7) is 0.636. The number of carbonyl (C=O) groups excluding carboxylic acids is 1. The van der Waals surface area contributed by atoms with E-state index in [9.17, 15) is 13.2 Å². The second kappa shape index (κ2) is 6.54. The SMILES string of the molecule is O=C(C[C@H]1CCS(=O)(=O)C1)Nc1cnn(Cc2ccccc2)c1. The van der Waals surface area contributed by atoms with Gasteiger partial charge in [0.05, 0.1) is 29.9 Å². The molecule has 1 saturated heterocycles. The number of amides is 1. The lowest BCUT2D eigenvalue weighted by Gasteiger charge is -2.07. The lowest BCUT2D eigenvalue weighted by Crippen LogP contribution is -2.17. The van der Waals surface area contributed by atoms with Gasteiger partial charge in [-0.05, 0) is 17.9 Å². The van der Waals surface area contributed by atoms with E-state index in [1.165, 1.54) is 0 Å². The third-order valence-electron chi connectivity index (χ3n) is 3.91. The summed E-state index contributed by atoms with van der Waals surface area (Å²) in [5.41, 5.74) is 1.76. The second-order valence-corrected chi connectivity index (χ2v) is 8.16. The molecule has 0 radical (unpaired) electrons. The molecule has 122 valence electrons. The van der Waals surface area contributed by atoms with Gasteiger partial charge in [0, 0.05) is 12.6 Å². The lowest BCUT2D eigenvalue weighted by atomic mass is 10.1. The number of nitrogens with zero attached hydrogens (tertiary/aromatic N) is 2. The average Bonchev–Trinajstić information content (AvgIpc) is 3.06. The first-order valence-electron chi connectivity index (χ1n) is 7.57. The minimum atomic E-state index is -2.94. The van der Waals surface area contributed by atoms with Crippen molar-refractivity contribution in [3.05, 3.63) is 48.3 Å². The van der Waals surface area contributed by atoms with Crippen LogP contribution in [0.2, 0.25) is 0 Å².